The minimum absolute atomic E-state index is 0.0107. The van der Waals surface area contributed by atoms with E-state index in [1.165, 1.54) is 59.8 Å². The number of aromatic hydroxyl groups is 2. The lowest BCUT2D eigenvalue weighted by Gasteiger charge is -2.36. The van der Waals surface area contributed by atoms with Crippen LogP contribution in [0.5, 0.6) is 34.8 Å². The summed E-state index contributed by atoms with van der Waals surface area (Å²) in [4.78, 5) is 56.3. The van der Waals surface area contributed by atoms with Crippen LogP contribution < -0.4 is 35.5 Å². The smallest absolute Gasteiger partial charge is 0.340 e. The average molecular weight is 1090 g/mol. The van der Waals surface area contributed by atoms with E-state index in [0.29, 0.717) is 59.1 Å². The molecule has 0 bridgehead atoms. The van der Waals surface area contributed by atoms with Gasteiger partial charge in [-0.2, -0.15) is 16.1 Å². The molecule has 2 fully saturated rings. The summed E-state index contributed by atoms with van der Waals surface area (Å²) < 4.78 is 62.5. The van der Waals surface area contributed by atoms with Gasteiger partial charge in [-0.05, 0) is 66.5 Å². The number of esters is 1. The van der Waals surface area contributed by atoms with Gasteiger partial charge in [0.05, 0.1) is 46.2 Å². The van der Waals surface area contributed by atoms with Crippen molar-refractivity contribution < 1.29 is 66.2 Å². The number of carbonyl (C=O) groups is 4. The molecule has 4 aliphatic heterocycles. The Balaban J connectivity index is 0.737. The van der Waals surface area contributed by atoms with Crippen molar-refractivity contribution >= 4 is 79.8 Å². The van der Waals surface area contributed by atoms with E-state index in [-0.39, 0.29) is 101 Å². The third-order valence-corrected chi connectivity index (χ3v) is 16.6. The number of benzene rings is 3. The highest BCUT2D eigenvalue weighted by atomic mass is 32.2. The molecular weight excluding hydrogens is 1040 g/mol. The molecule has 3 amide bonds. The summed E-state index contributed by atoms with van der Waals surface area (Å²) in [7, 11) is -1.25. The molecule has 2 saturated heterocycles. The van der Waals surface area contributed by atoms with Crippen molar-refractivity contribution in [2.45, 2.75) is 29.0 Å². The first-order valence-electron chi connectivity index (χ1n) is 23.2. The molecule has 6 N–H and O–H groups in total. The first-order chi connectivity index (χ1) is 35.7. The number of thioether (sulfide) groups is 1. The molecule has 26 heteroatoms. The Morgan fingerprint density at radius 3 is 2.22 bits per heavy atom. The summed E-state index contributed by atoms with van der Waals surface area (Å²) in [6, 6.07) is 15.2. The lowest BCUT2D eigenvalue weighted by Crippen LogP contribution is -2.46. The van der Waals surface area contributed by atoms with E-state index in [1.54, 1.807) is 47.5 Å². The first-order valence-corrected chi connectivity index (χ1v) is 27.0. The van der Waals surface area contributed by atoms with Crippen LogP contribution in [0.3, 0.4) is 0 Å². The number of hydrogen-bond donors (Lipinski definition) is 6. The van der Waals surface area contributed by atoms with Gasteiger partial charge in [0.2, 0.25) is 27.7 Å². The largest absolute Gasteiger partial charge is 0.508 e. The maximum absolute atomic E-state index is 14.1. The van der Waals surface area contributed by atoms with Crippen LogP contribution in [0.1, 0.15) is 53.5 Å². The number of likely N-dealkylation sites (tertiary alicyclic amines) is 1. The zero-order valence-electron chi connectivity index (χ0n) is 39.8. The maximum Gasteiger partial charge on any atom is 0.340 e. The fourth-order valence-electron chi connectivity index (χ4n) is 9.06. The van der Waals surface area contributed by atoms with E-state index in [0.717, 1.165) is 11.3 Å². The summed E-state index contributed by atoms with van der Waals surface area (Å²) in [6.45, 7) is 1.80. The standard InChI is InChI=1S/C48H50N8O14S4/c1-65-40-25-32(44(66-2)54-53-40)45(61)56-26-28(51-43(60)41-39(9-18-73-41)74(63,64)55-12-19-72-20-13-55)22-36(56)42(59)49-10-14-67-16-17-68-15-11-50-47(71)52-27-3-6-33-31(21-27)46(62)70-48(33)34-7-4-29(57)23-37(34)69-38-24-30(58)5-8-35(38)48/h3-9,18,21,23-25,28,36,57-58H,10-17,19-20,22,26H2,1-2H3,(H,49,59)(H,51,60)(H2,50,52,71)/t28-,36-/m0/s1. The molecule has 0 radical (unpaired) electrons. The van der Waals surface area contributed by atoms with Crippen molar-refractivity contribution in [3.05, 3.63) is 105 Å². The van der Waals surface area contributed by atoms with Gasteiger partial charge < -0.3 is 64.8 Å². The number of anilines is 1. The van der Waals surface area contributed by atoms with E-state index in [1.807, 2.05) is 0 Å². The number of hydrogen-bond acceptors (Lipinski definition) is 19. The van der Waals surface area contributed by atoms with Gasteiger partial charge in [0.25, 0.3) is 11.8 Å². The molecular formula is C48H50N8O14S4. The molecule has 2 aromatic heterocycles. The van der Waals surface area contributed by atoms with Crippen LogP contribution >= 0.6 is 35.3 Å². The number of phenols is 2. The highest BCUT2D eigenvalue weighted by molar-refractivity contribution is 7.99. The Kier molecular flexibility index (Phi) is 15.7. The number of rotatable bonds is 18. The molecule has 4 aliphatic rings. The van der Waals surface area contributed by atoms with Gasteiger partial charge in [-0.3, -0.25) is 14.4 Å². The summed E-state index contributed by atoms with van der Waals surface area (Å²) in [6.07, 6.45) is 0.0179. The monoisotopic (exact) mass is 1090 g/mol. The highest BCUT2D eigenvalue weighted by Crippen LogP contribution is 2.57. The number of amides is 3. The fourth-order valence-corrected chi connectivity index (χ4v) is 13.2. The molecule has 9 rings (SSSR count). The second-order valence-corrected chi connectivity index (χ2v) is 21.5. The number of ether oxygens (including phenoxy) is 6. The predicted molar refractivity (Wildman–Crippen MR) is 273 cm³/mol. The highest BCUT2D eigenvalue weighted by Gasteiger charge is 2.54. The molecule has 2 atom stereocenters. The number of nitrogens with zero attached hydrogens (tertiary/aromatic N) is 4. The minimum Gasteiger partial charge on any atom is -0.508 e. The Morgan fingerprint density at radius 2 is 1.54 bits per heavy atom. The van der Waals surface area contributed by atoms with E-state index >= 15 is 0 Å². The molecule has 3 aromatic carbocycles. The normalized spacial score (nSPS) is 17.5. The Morgan fingerprint density at radius 1 is 0.865 bits per heavy atom. The summed E-state index contributed by atoms with van der Waals surface area (Å²) in [5.74, 6) is -0.650. The molecule has 6 heterocycles. The van der Waals surface area contributed by atoms with Crippen LogP contribution in [0.4, 0.5) is 5.69 Å². The zero-order chi connectivity index (χ0) is 52.1. The quantitative estimate of drug-likeness (QED) is 0.0417. The van der Waals surface area contributed by atoms with Gasteiger partial charge in [-0.25, -0.2) is 13.2 Å². The van der Waals surface area contributed by atoms with E-state index in [4.69, 9.17) is 40.6 Å². The number of carbonyl (C=O) groups excluding carboxylic acids is 4. The number of aromatic nitrogens is 2. The Bertz CT molecular complexity index is 3050. The number of nitrogens with one attached hydrogen (secondary N) is 4. The number of fused-ring (bicyclic) bond motifs is 6. The number of thiocarbonyl (C=S) groups is 1. The average Bonchev–Trinajstić information content (AvgIpc) is 4.15. The van der Waals surface area contributed by atoms with Crippen molar-refractivity contribution in [3.8, 4) is 34.8 Å². The van der Waals surface area contributed by atoms with Crippen LogP contribution in [0.2, 0.25) is 0 Å². The Hall–Kier alpha value is -6.81. The van der Waals surface area contributed by atoms with Gasteiger partial charge in [-0.1, -0.05) is 6.07 Å². The second kappa shape index (κ2) is 22.3. The van der Waals surface area contributed by atoms with Crippen molar-refractivity contribution in [3.63, 3.8) is 0 Å². The predicted octanol–water partition coefficient (Wildman–Crippen LogP) is 3.42. The van der Waals surface area contributed by atoms with Crippen LogP contribution in [0.15, 0.2) is 77.0 Å². The number of sulfonamides is 1. The lowest BCUT2D eigenvalue weighted by atomic mass is 9.77. The van der Waals surface area contributed by atoms with Crippen LogP contribution in [0, 0.1) is 0 Å². The van der Waals surface area contributed by atoms with Crippen molar-refractivity contribution in [1.29, 1.82) is 0 Å². The van der Waals surface area contributed by atoms with Crippen LogP contribution in [-0.4, -0.2) is 164 Å². The van der Waals surface area contributed by atoms with Gasteiger partial charge in [0.15, 0.2) is 10.7 Å². The molecule has 22 nitrogen and oxygen atoms in total. The molecule has 0 aliphatic carbocycles. The summed E-state index contributed by atoms with van der Waals surface area (Å²) >= 11 is 8.16. The Labute approximate surface area is 438 Å². The van der Waals surface area contributed by atoms with Crippen molar-refractivity contribution in [1.82, 2.24) is 35.4 Å². The van der Waals surface area contributed by atoms with Crippen molar-refractivity contribution in [2.75, 3.05) is 90.2 Å². The second-order valence-electron chi connectivity index (χ2n) is 17.0. The zero-order valence-corrected chi connectivity index (χ0v) is 43.0. The molecule has 390 valence electrons. The molecule has 1 spiro atoms. The van der Waals surface area contributed by atoms with Crippen molar-refractivity contribution in [2.24, 2.45) is 0 Å². The summed E-state index contributed by atoms with van der Waals surface area (Å²) in [5.41, 5.74) is 0.976. The third-order valence-electron chi connectivity index (χ3n) is 12.5. The third kappa shape index (κ3) is 10.6. The number of methoxy groups -OCH3 is 2. The molecule has 5 aromatic rings. The fraction of sp³-hybridized carbons (Fsp3) is 0.354. The van der Waals surface area contributed by atoms with Gasteiger partial charge in [-0.15, -0.1) is 21.5 Å². The molecule has 0 unspecified atom stereocenters. The number of phenolic OH excluding ortho intramolecular Hbond substituents is 2. The van der Waals surface area contributed by atoms with Crippen LogP contribution in [0.25, 0.3) is 0 Å². The number of thiophene rings is 1. The van der Waals surface area contributed by atoms with Gasteiger partial charge >= 0.3 is 5.97 Å². The minimum atomic E-state index is -3.93. The van der Waals surface area contributed by atoms with Gasteiger partial charge in [0, 0.05) is 90.8 Å². The first kappa shape index (κ1) is 52.1. The van der Waals surface area contributed by atoms with E-state index < -0.39 is 51.4 Å². The summed E-state index contributed by atoms with van der Waals surface area (Å²) in [5, 5.41) is 41.8. The maximum atomic E-state index is 14.1. The topological polar surface area (TPSA) is 279 Å². The van der Waals surface area contributed by atoms with E-state index in [2.05, 4.69) is 31.5 Å². The van der Waals surface area contributed by atoms with Crippen LogP contribution in [-0.2, 0) is 34.6 Å². The lowest BCUT2D eigenvalue weighted by molar-refractivity contribution is -0.125. The SMILES string of the molecule is COc1cc(C(=O)N2C[C@@H](NC(=O)c3sccc3S(=O)(=O)N3CCSCC3)C[C@H]2C(=O)NCCOCCOCCNC(=S)Nc2ccc3c(c2)C(=O)OC32c3ccc(O)cc3Oc3cc(O)ccc32)c(OC)nn1. The van der Waals surface area contributed by atoms with Gasteiger partial charge in [0.1, 0.15) is 44.4 Å². The molecule has 74 heavy (non-hydrogen) atoms. The molecule has 0 saturated carbocycles. The van der Waals surface area contributed by atoms with E-state index in [9.17, 15) is 37.8 Å².